The lowest BCUT2D eigenvalue weighted by Crippen LogP contribution is -2.78. The monoisotopic (exact) mass is 358 g/mol. The zero-order valence-corrected chi connectivity index (χ0v) is 13.6. The number of nitrogens with two attached hydrogens (primary N) is 1. The summed E-state index contributed by atoms with van der Waals surface area (Å²) < 4.78 is 8.76. The summed E-state index contributed by atoms with van der Waals surface area (Å²) in [5.74, 6) is -1.51. The summed E-state index contributed by atoms with van der Waals surface area (Å²) >= 11 is 7.71. The van der Waals surface area contributed by atoms with Gasteiger partial charge in [0.25, 0.3) is 5.91 Å². The Hall–Kier alpha value is -1.40. The lowest BCUT2D eigenvalue weighted by Gasteiger charge is -2.54. The molecule has 1 amide bonds. The second kappa shape index (κ2) is 5.35. The summed E-state index contributed by atoms with van der Waals surface area (Å²) in [4.78, 5) is 25.9. The minimum Gasteiger partial charge on any atom is -0.477 e. The molecule has 22 heavy (non-hydrogen) atoms. The van der Waals surface area contributed by atoms with Crippen molar-refractivity contribution in [3.05, 3.63) is 22.3 Å². The van der Waals surface area contributed by atoms with Gasteiger partial charge in [-0.05, 0) is 11.5 Å². The zero-order valence-electron chi connectivity index (χ0n) is 11.2. The lowest BCUT2D eigenvalue weighted by molar-refractivity contribution is -0.182. The summed E-state index contributed by atoms with van der Waals surface area (Å²) in [7, 11) is 1.32. The number of rotatable bonds is 4. The van der Waals surface area contributed by atoms with Crippen molar-refractivity contribution < 1.29 is 19.4 Å². The van der Waals surface area contributed by atoms with E-state index < -0.39 is 23.0 Å². The predicted octanol–water partition coefficient (Wildman–Crippen LogP) is -0.189. The van der Waals surface area contributed by atoms with Gasteiger partial charge in [-0.2, -0.15) is 0 Å². The maximum atomic E-state index is 12.2. The molecule has 1 fully saturated rings. The van der Waals surface area contributed by atoms with Gasteiger partial charge in [-0.25, -0.2) is 4.79 Å². The summed E-state index contributed by atoms with van der Waals surface area (Å²) in [6.07, 6.45) is 1.47. The van der Waals surface area contributed by atoms with Gasteiger partial charge in [0.1, 0.15) is 11.1 Å². The van der Waals surface area contributed by atoms with Crippen LogP contribution in [0.3, 0.4) is 0 Å². The Morgan fingerprint density at radius 2 is 2.41 bits per heavy atom. The number of β-lactam (4-membered cyclic amide) rings is 1. The SMILES string of the molecule is CO[C@@]1(N)C(=O)N2C(C(=O)O)=C(C(=S)c3cnns3)CS[C@H]21. The van der Waals surface area contributed by atoms with Gasteiger partial charge in [0, 0.05) is 18.4 Å². The molecule has 0 radical (unpaired) electrons. The Bertz CT molecular complexity index is 704. The third kappa shape index (κ3) is 2.01. The van der Waals surface area contributed by atoms with E-state index in [1.807, 2.05) is 0 Å². The molecular formula is C11H10N4O4S3. The molecule has 0 aromatic carbocycles. The van der Waals surface area contributed by atoms with Gasteiger partial charge in [-0.3, -0.25) is 15.4 Å². The minimum absolute atomic E-state index is 0.148. The average molecular weight is 358 g/mol. The highest BCUT2D eigenvalue weighted by Gasteiger charge is 2.63. The molecule has 0 unspecified atom stereocenters. The van der Waals surface area contributed by atoms with Crippen LogP contribution in [0.25, 0.3) is 0 Å². The number of aliphatic carboxylic acids is 1. The topological polar surface area (TPSA) is 119 Å². The van der Waals surface area contributed by atoms with Gasteiger partial charge in [0.15, 0.2) is 0 Å². The molecule has 8 nitrogen and oxygen atoms in total. The Labute approximate surface area is 138 Å². The molecule has 2 aliphatic heterocycles. The number of carbonyl (C=O) groups is 2. The van der Waals surface area contributed by atoms with Crippen molar-refractivity contribution in [2.24, 2.45) is 5.73 Å². The quantitative estimate of drug-likeness (QED) is 0.327. The second-order valence-corrected chi connectivity index (χ2v) is 6.84. The van der Waals surface area contributed by atoms with E-state index in [1.165, 1.54) is 25.1 Å². The number of thiocarbonyl (C=S) groups is 1. The van der Waals surface area contributed by atoms with E-state index in [2.05, 4.69) is 9.59 Å². The summed E-state index contributed by atoms with van der Waals surface area (Å²) in [6.45, 7) is 0. The van der Waals surface area contributed by atoms with Gasteiger partial charge in [0.05, 0.1) is 15.9 Å². The van der Waals surface area contributed by atoms with Crippen LogP contribution in [0.15, 0.2) is 17.5 Å². The van der Waals surface area contributed by atoms with Crippen LogP contribution in [-0.4, -0.2) is 60.3 Å². The highest BCUT2D eigenvalue weighted by Crippen LogP contribution is 2.45. The van der Waals surface area contributed by atoms with Crippen molar-refractivity contribution >= 4 is 52.3 Å². The normalized spacial score (nSPS) is 27.5. The fraction of sp³-hybridized carbons (Fsp3) is 0.364. The lowest BCUT2D eigenvalue weighted by atomic mass is 9.98. The standard InChI is InChI=1S/C11H10N4O4S3/c1-19-11(12)9(18)15-6(8(16)17)4(3-21-10(11)15)7(20)5-2-13-14-22-5/h2,10H,3,12H2,1H3,(H,16,17)/t10-,11-/m0/s1. The van der Waals surface area contributed by atoms with Gasteiger partial charge >= 0.3 is 5.97 Å². The Morgan fingerprint density at radius 1 is 1.68 bits per heavy atom. The van der Waals surface area contributed by atoms with Crippen LogP contribution < -0.4 is 5.73 Å². The highest BCUT2D eigenvalue weighted by atomic mass is 32.2. The van der Waals surface area contributed by atoms with Crippen LogP contribution in [0.1, 0.15) is 4.88 Å². The first-order valence-corrected chi connectivity index (χ1v) is 8.22. The largest absolute Gasteiger partial charge is 0.477 e. The number of amides is 1. The van der Waals surface area contributed by atoms with E-state index in [4.69, 9.17) is 22.7 Å². The number of nitrogens with zero attached hydrogens (tertiary/aromatic N) is 3. The van der Waals surface area contributed by atoms with Crippen LogP contribution in [0.5, 0.6) is 0 Å². The first kappa shape index (κ1) is 15.5. The van der Waals surface area contributed by atoms with Crippen molar-refractivity contribution in [2.75, 3.05) is 12.9 Å². The molecule has 3 rings (SSSR count). The maximum Gasteiger partial charge on any atom is 0.353 e. The molecule has 1 saturated heterocycles. The first-order chi connectivity index (χ1) is 10.4. The Morgan fingerprint density at radius 3 is 2.95 bits per heavy atom. The van der Waals surface area contributed by atoms with Crippen molar-refractivity contribution in [2.45, 2.75) is 11.1 Å². The summed E-state index contributed by atoms with van der Waals surface area (Å²) in [5.41, 5.74) is 4.62. The molecule has 3 heterocycles. The van der Waals surface area contributed by atoms with Crippen molar-refractivity contribution in [1.82, 2.24) is 14.5 Å². The molecule has 2 aliphatic rings. The first-order valence-electron chi connectivity index (χ1n) is 5.99. The van der Waals surface area contributed by atoms with Gasteiger partial charge in [-0.1, -0.05) is 16.7 Å². The molecular weight excluding hydrogens is 348 g/mol. The number of hydrogen-bond acceptors (Lipinski definition) is 9. The fourth-order valence-electron chi connectivity index (χ4n) is 2.33. The number of aromatic nitrogens is 2. The minimum atomic E-state index is -1.50. The third-order valence-corrected chi connectivity index (χ3v) is 6.08. The molecule has 0 aliphatic carbocycles. The van der Waals surface area contributed by atoms with E-state index in [9.17, 15) is 14.7 Å². The van der Waals surface area contributed by atoms with E-state index in [0.717, 1.165) is 16.4 Å². The van der Waals surface area contributed by atoms with Gasteiger partial charge < -0.3 is 9.84 Å². The van der Waals surface area contributed by atoms with E-state index in [1.54, 1.807) is 0 Å². The summed E-state index contributed by atoms with van der Waals surface area (Å²) in [6, 6.07) is 0. The van der Waals surface area contributed by atoms with E-state index >= 15 is 0 Å². The predicted molar refractivity (Wildman–Crippen MR) is 83.3 cm³/mol. The van der Waals surface area contributed by atoms with Crippen molar-refractivity contribution in [3.8, 4) is 0 Å². The number of carbonyl (C=O) groups excluding carboxylic acids is 1. The number of ether oxygens (including phenoxy) is 1. The van der Waals surface area contributed by atoms with Crippen molar-refractivity contribution in [1.29, 1.82) is 0 Å². The van der Waals surface area contributed by atoms with Gasteiger partial charge in [0.2, 0.25) is 5.72 Å². The van der Waals surface area contributed by atoms with Crippen LogP contribution in [-0.2, 0) is 14.3 Å². The van der Waals surface area contributed by atoms with Crippen LogP contribution in [0, 0.1) is 0 Å². The number of methoxy groups -OCH3 is 1. The Balaban J connectivity index is 2.04. The van der Waals surface area contributed by atoms with Crippen LogP contribution >= 0.6 is 35.5 Å². The molecule has 1 aromatic heterocycles. The third-order valence-electron chi connectivity index (χ3n) is 3.47. The van der Waals surface area contributed by atoms with Crippen molar-refractivity contribution in [3.63, 3.8) is 0 Å². The maximum absolute atomic E-state index is 12.2. The number of thioether (sulfide) groups is 1. The molecule has 3 N–H and O–H groups in total. The number of hydrogen-bond donors (Lipinski definition) is 2. The fourth-order valence-corrected chi connectivity index (χ4v) is 4.64. The second-order valence-electron chi connectivity index (χ2n) is 4.58. The number of fused-ring (bicyclic) bond motifs is 1. The Kier molecular flexibility index (Phi) is 3.77. The van der Waals surface area contributed by atoms with E-state index in [0.29, 0.717) is 21.1 Å². The average Bonchev–Trinajstić information content (AvgIpc) is 3.05. The molecule has 1 aromatic rings. The zero-order chi connectivity index (χ0) is 16.1. The molecule has 116 valence electrons. The van der Waals surface area contributed by atoms with Crippen LogP contribution in [0.4, 0.5) is 0 Å². The number of carboxylic acid groups (broad SMARTS) is 1. The molecule has 11 heteroatoms. The molecule has 0 saturated carbocycles. The molecule has 0 bridgehead atoms. The summed E-state index contributed by atoms with van der Waals surface area (Å²) in [5, 5.41) is 12.6. The number of carboxylic acids is 1. The smallest absolute Gasteiger partial charge is 0.353 e. The van der Waals surface area contributed by atoms with Gasteiger partial charge in [-0.15, -0.1) is 16.9 Å². The molecule has 0 spiro atoms. The highest BCUT2D eigenvalue weighted by molar-refractivity contribution is 8.00. The molecule has 2 atom stereocenters. The van der Waals surface area contributed by atoms with Crippen LogP contribution in [0.2, 0.25) is 0 Å². The van der Waals surface area contributed by atoms with E-state index in [-0.39, 0.29) is 5.70 Å².